The van der Waals surface area contributed by atoms with Crippen LogP contribution in [-0.2, 0) is 13.6 Å². The zero-order valence-electron chi connectivity index (χ0n) is 14.4. The Labute approximate surface area is 157 Å². The predicted molar refractivity (Wildman–Crippen MR) is 108 cm³/mol. The van der Waals surface area contributed by atoms with Crippen LogP contribution < -0.4 is 11.1 Å². The third-order valence-electron chi connectivity index (χ3n) is 4.60. The number of nitrogens with zero attached hydrogens (tertiary/aromatic N) is 3. The highest BCUT2D eigenvalue weighted by Crippen LogP contribution is 2.23. The van der Waals surface area contributed by atoms with E-state index in [2.05, 4.69) is 20.9 Å². The highest BCUT2D eigenvalue weighted by atomic mass is 79.9. The summed E-state index contributed by atoms with van der Waals surface area (Å²) >= 11 is 3.47. The van der Waals surface area contributed by atoms with Crippen molar-refractivity contribution in [3.05, 3.63) is 73.7 Å². The van der Waals surface area contributed by atoms with Crippen molar-refractivity contribution in [2.45, 2.75) is 13.5 Å². The molecule has 0 radical (unpaired) electrons. The monoisotopic (exact) mass is 409 g/mol. The van der Waals surface area contributed by atoms with Gasteiger partial charge in [0.25, 0.3) is 11.1 Å². The number of rotatable bonds is 2. The molecule has 2 aromatic heterocycles. The van der Waals surface area contributed by atoms with E-state index in [1.807, 2.05) is 43.3 Å². The summed E-state index contributed by atoms with van der Waals surface area (Å²) in [6, 6.07) is 14.8. The van der Waals surface area contributed by atoms with Crippen LogP contribution in [0.2, 0.25) is 0 Å². The predicted octanol–water partition coefficient (Wildman–Crippen LogP) is 3.70. The fourth-order valence-corrected chi connectivity index (χ4v) is 3.66. The van der Waals surface area contributed by atoms with Crippen LogP contribution in [0.25, 0.3) is 33.2 Å². The summed E-state index contributed by atoms with van der Waals surface area (Å²) in [5.74, 6) is 0.402. The molecule has 0 fully saturated rings. The van der Waals surface area contributed by atoms with Crippen molar-refractivity contribution in [3.8, 4) is 11.4 Å². The average molecular weight is 410 g/mol. The van der Waals surface area contributed by atoms with Crippen molar-refractivity contribution in [3.63, 3.8) is 0 Å². The van der Waals surface area contributed by atoms with Gasteiger partial charge in [0.05, 0.1) is 22.0 Å². The summed E-state index contributed by atoms with van der Waals surface area (Å²) in [5, 5.41) is 1.46. The zero-order chi connectivity index (χ0) is 18.4. The maximum Gasteiger partial charge on any atom is 0.261 e. The quantitative estimate of drug-likeness (QED) is 0.507. The number of pyridine rings is 1. The number of halogens is 1. The first-order valence-corrected chi connectivity index (χ1v) is 9.10. The van der Waals surface area contributed by atoms with Crippen molar-refractivity contribution in [2.24, 2.45) is 7.05 Å². The van der Waals surface area contributed by atoms with E-state index in [0.29, 0.717) is 28.8 Å². The second-order valence-electron chi connectivity index (χ2n) is 6.13. The van der Waals surface area contributed by atoms with Crippen molar-refractivity contribution in [2.75, 3.05) is 0 Å². The molecule has 130 valence electrons. The first-order valence-electron chi connectivity index (χ1n) is 8.30. The lowest BCUT2D eigenvalue weighted by Crippen LogP contribution is -2.27. The smallest absolute Gasteiger partial charge is 0.261 e. The van der Waals surface area contributed by atoms with Gasteiger partial charge >= 0.3 is 0 Å². The lowest BCUT2D eigenvalue weighted by Gasteiger charge is -2.14. The van der Waals surface area contributed by atoms with Crippen LogP contribution in [0.1, 0.15) is 6.92 Å². The average Bonchev–Trinajstić information content (AvgIpc) is 2.64. The summed E-state index contributed by atoms with van der Waals surface area (Å²) < 4.78 is 4.08. The third kappa shape index (κ3) is 2.49. The van der Waals surface area contributed by atoms with E-state index in [-0.39, 0.29) is 11.1 Å². The van der Waals surface area contributed by atoms with E-state index in [4.69, 9.17) is 0 Å². The molecule has 0 atom stereocenters. The Morgan fingerprint density at radius 1 is 1.04 bits per heavy atom. The Morgan fingerprint density at radius 3 is 2.58 bits per heavy atom. The van der Waals surface area contributed by atoms with Crippen molar-refractivity contribution < 1.29 is 0 Å². The normalized spacial score (nSPS) is 11.3. The van der Waals surface area contributed by atoms with Crippen LogP contribution in [0.4, 0.5) is 0 Å². The van der Waals surface area contributed by atoms with E-state index in [0.717, 1.165) is 15.4 Å². The number of para-hydroxylation sites is 1. The minimum Gasteiger partial charge on any atom is -0.311 e. The van der Waals surface area contributed by atoms with Gasteiger partial charge in [0.1, 0.15) is 5.82 Å². The van der Waals surface area contributed by atoms with Gasteiger partial charge in [-0.1, -0.05) is 28.1 Å². The maximum atomic E-state index is 13.0. The zero-order valence-corrected chi connectivity index (χ0v) is 15.9. The molecule has 0 amide bonds. The lowest BCUT2D eigenvalue weighted by molar-refractivity contribution is 0.725. The fraction of sp³-hybridized carbons (Fsp3) is 0.150. The molecule has 6 heteroatoms. The van der Waals surface area contributed by atoms with Crippen LogP contribution in [-0.4, -0.2) is 14.1 Å². The highest BCUT2D eigenvalue weighted by molar-refractivity contribution is 9.10. The van der Waals surface area contributed by atoms with E-state index >= 15 is 0 Å². The Balaban J connectivity index is 2.15. The van der Waals surface area contributed by atoms with Crippen LogP contribution in [0, 0.1) is 0 Å². The molecule has 0 aliphatic carbocycles. The van der Waals surface area contributed by atoms with Gasteiger partial charge in [-0.05, 0) is 43.3 Å². The Morgan fingerprint density at radius 2 is 1.81 bits per heavy atom. The number of hydrogen-bond donors (Lipinski definition) is 0. The molecule has 0 bridgehead atoms. The van der Waals surface area contributed by atoms with E-state index in [9.17, 15) is 9.59 Å². The third-order valence-corrected chi connectivity index (χ3v) is 5.10. The molecule has 0 spiro atoms. The standard InChI is InChI=1S/C20H16BrN3O2/c1-3-24-18(22-16-7-5-4-6-14(16)20(24)26)15-11-12-10-13(21)8-9-17(12)23(2)19(15)25/h4-11H,3H2,1-2H3. The van der Waals surface area contributed by atoms with Crippen molar-refractivity contribution in [1.82, 2.24) is 14.1 Å². The summed E-state index contributed by atoms with van der Waals surface area (Å²) in [6.07, 6.45) is 0. The molecule has 2 aromatic carbocycles. The van der Waals surface area contributed by atoms with Crippen LogP contribution >= 0.6 is 15.9 Å². The van der Waals surface area contributed by atoms with E-state index in [1.54, 1.807) is 28.3 Å². The summed E-state index contributed by atoms with van der Waals surface area (Å²) in [4.78, 5) is 30.5. The largest absolute Gasteiger partial charge is 0.311 e. The Kier molecular flexibility index (Phi) is 4.00. The van der Waals surface area contributed by atoms with E-state index < -0.39 is 0 Å². The van der Waals surface area contributed by atoms with Gasteiger partial charge in [0.2, 0.25) is 0 Å². The molecule has 0 unspecified atom stereocenters. The first kappa shape index (κ1) is 16.7. The van der Waals surface area contributed by atoms with E-state index in [1.165, 1.54) is 0 Å². The minimum atomic E-state index is -0.177. The van der Waals surface area contributed by atoms with Gasteiger partial charge in [0, 0.05) is 23.5 Å². The summed E-state index contributed by atoms with van der Waals surface area (Å²) in [7, 11) is 1.73. The Hall–Kier alpha value is -2.73. The molecular weight excluding hydrogens is 394 g/mol. The molecule has 0 saturated carbocycles. The van der Waals surface area contributed by atoms with Crippen molar-refractivity contribution in [1.29, 1.82) is 0 Å². The second-order valence-corrected chi connectivity index (χ2v) is 7.04. The number of aromatic nitrogens is 3. The van der Waals surface area contributed by atoms with Crippen LogP contribution in [0.15, 0.2) is 62.6 Å². The molecule has 0 N–H and O–H groups in total. The molecule has 0 saturated heterocycles. The van der Waals surface area contributed by atoms with Gasteiger partial charge in [-0.25, -0.2) is 4.98 Å². The minimum absolute atomic E-state index is 0.135. The first-order chi connectivity index (χ1) is 12.5. The van der Waals surface area contributed by atoms with Gasteiger partial charge in [0.15, 0.2) is 0 Å². The van der Waals surface area contributed by atoms with Gasteiger partial charge in [-0.15, -0.1) is 0 Å². The molecule has 0 aliphatic rings. The summed E-state index contributed by atoms with van der Waals surface area (Å²) in [5.41, 5.74) is 1.53. The molecule has 2 heterocycles. The highest BCUT2D eigenvalue weighted by Gasteiger charge is 2.16. The van der Waals surface area contributed by atoms with Crippen molar-refractivity contribution >= 4 is 37.7 Å². The van der Waals surface area contributed by atoms with Crippen LogP contribution in [0.5, 0.6) is 0 Å². The molecule has 4 aromatic rings. The maximum absolute atomic E-state index is 13.0. The number of fused-ring (bicyclic) bond motifs is 2. The SMILES string of the molecule is CCn1c(-c2cc3cc(Br)ccc3n(C)c2=O)nc2ccccc2c1=O. The molecule has 5 nitrogen and oxygen atoms in total. The topological polar surface area (TPSA) is 56.9 Å². The molecule has 26 heavy (non-hydrogen) atoms. The number of aryl methyl sites for hydroxylation is 1. The number of hydrogen-bond acceptors (Lipinski definition) is 3. The lowest BCUT2D eigenvalue weighted by atomic mass is 10.1. The fourth-order valence-electron chi connectivity index (χ4n) is 3.28. The summed E-state index contributed by atoms with van der Waals surface area (Å²) in [6.45, 7) is 2.31. The second kappa shape index (κ2) is 6.21. The molecular formula is C20H16BrN3O2. The van der Waals surface area contributed by atoms with Gasteiger partial charge in [-0.3, -0.25) is 14.2 Å². The van der Waals surface area contributed by atoms with Gasteiger partial charge < -0.3 is 4.57 Å². The van der Waals surface area contributed by atoms with Gasteiger partial charge in [-0.2, -0.15) is 0 Å². The molecule has 0 aliphatic heterocycles. The molecule has 4 rings (SSSR count). The van der Waals surface area contributed by atoms with Crippen LogP contribution in [0.3, 0.4) is 0 Å². The Bertz CT molecular complexity index is 1290. The number of benzene rings is 2.